The van der Waals surface area contributed by atoms with Gasteiger partial charge in [0.1, 0.15) is 28.2 Å². The Labute approximate surface area is 226 Å². The van der Waals surface area contributed by atoms with Crippen molar-refractivity contribution in [3.63, 3.8) is 0 Å². The normalized spacial score (nSPS) is 11.9. The minimum atomic E-state index is -1.01. The van der Waals surface area contributed by atoms with Crippen LogP contribution in [0.25, 0.3) is 33.1 Å². The molecule has 0 aliphatic heterocycles. The molecule has 0 spiro atoms. The maximum absolute atomic E-state index is 13.3. The predicted molar refractivity (Wildman–Crippen MR) is 145 cm³/mol. The van der Waals surface area contributed by atoms with Gasteiger partial charge in [-0.15, -0.1) is 0 Å². The van der Waals surface area contributed by atoms with Crippen LogP contribution in [0.4, 0.5) is 0 Å². The van der Waals surface area contributed by atoms with Crippen LogP contribution in [-0.4, -0.2) is 45.7 Å². The summed E-state index contributed by atoms with van der Waals surface area (Å²) >= 11 is 0. The highest BCUT2D eigenvalue weighted by Crippen LogP contribution is 2.46. The van der Waals surface area contributed by atoms with Crippen LogP contribution in [0.1, 0.15) is 23.5 Å². The summed E-state index contributed by atoms with van der Waals surface area (Å²) in [7, 11) is 2.74. The third kappa shape index (κ3) is 4.25. The van der Waals surface area contributed by atoms with Crippen molar-refractivity contribution in [3.05, 3.63) is 82.0 Å². The zero-order chi connectivity index (χ0) is 28.7. The van der Waals surface area contributed by atoms with E-state index in [0.717, 1.165) is 23.6 Å². The molecule has 0 radical (unpaired) electrons. The van der Waals surface area contributed by atoms with Gasteiger partial charge in [0.05, 0.1) is 20.6 Å². The second-order valence-electron chi connectivity index (χ2n) is 9.08. The van der Waals surface area contributed by atoms with Gasteiger partial charge < -0.3 is 39.4 Å². The highest BCUT2D eigenvalue weighted by Gasteiger charge is 2.31. The fourth-order valence-electron chi connectivity index (χ4n) is 4.94. The Morgan fingerprint density at radius 3 is 2.25 bits per heavy atom. The summed E-state index contributed by atoms with van der Waals surface area (Å²) in [6.07, 6.45) is -0.291. The Hall–Kier alpha value is -5.38. The number of phenolic OH excluding ortho intramolecular Hbond substituents is 4. The summed E-state index contributed by atoms with van der Waals surface area (Å²) in [6.45, 7) is 0. The summed E-state index contributed by atoms with van der Waals surface area (Å²) in [5, 5.41) is 53.2. The van der Waals surface area contributed by atoms with Crippen LogP contribution in [0.5, 0.6) is 34.5 Å². The van der Waals surface area contributed by atoms with Gasteiger partial charge in [-0.1, -0.05) is 30.3 Å². The van der Waals surface area contributed by atoms with Crippen molar-refractivity contribution in [3.8, 4) is 45.8 Å². The number of benzene rings is 4. The average Bonchev–Trinajstić information content (AvgIpc) is 2.94. The van der Waals surface area contributed by atoms with Crippen molar-refractivity contribution in [2.75, 3.05) is 14.2 Å². The standard InChI is InChI=1S/C30H24O10/c1-38-23-10-8-16(15-5-3-4-6-17(15)23)18(12-24(35)39-2)25-21(33)13-22(34)26-27(36)28(37)29(40-30(25)26)14-7-9-19(31)20(32)11-14/h3-11,13,18,31-34,37H,12H2,1-2H3/t18-/m1/s1. The smallest absolute Gasteiger partial charge is 0.306 e. The summed E-state index contributed by atoms with van der Waals surface area (Å²) in [5.74, 6) is -4.39. The number of ether oxygens (including phenoxy) is 2. The first-order chi connectivity index (χ1) is 19.2. The topological polar surface area (TPSA) is 167 Å². The Bertz CT molecular complexity index is 1850. The van der Waals surface area contributed by atoms with E-state index in [0.29, 0.717) is 16.7 Å². The molecule has 1 heterocycles. The minimum absolute atomic E-state index is 0.0186. The molecule has 1 aromatic heterocycles. The zero-order valence-electron chi connectivity index (χ0n) is 21.3. The molecule has 5 N–H and O–H groups in total. The third-order valence-electron chi connectivity index (χ3n) is 6.84. The molecule has 0 saturated carbocycles. The molecule has 0 fully saturated rings. The van der Waals surface area contributed by atoms with E-state index in [1.807, 2.05) is 18.2 Å². The number of hydrogen-bond donors (Lipinski definition) is 5. The van der Waals surface area contributed by atoms with Crippen LogP contribution in [0, 0.1) is 0 Å². The van der Waals surface area contributed by atoms with Crippen molar-refractivity contribution in [2.45, 2.75) is 12.3 Å². The van der Waals surface area contributed by atoms with Crippen molar-refractivity contribution in [1.29, 1.82) is 0 Å². The van der Waals surface area contributed by atoms with E-state index in [4.69, 9.17) is 13.9 Å². The number of carbonyl (C=O) groups excluding carboxylic acids is 1. The van der Waals surface area contributed by atoms with Crippen LogP contribution in [0.2, 0.25) is 0 Å². The number of rotatable bonds is 6. The van der Waals surface area contributed by atoms with Gasteiger partial charge >= 0.3 is 5.97 Å². The number of fused-ring (bicyclic) bond motifs is 2. The number of aromatic hydroxyl groups is 5. The van der Waals surface area contributed by atoms with Gasteiger partial charge in [0.2, 0.25) is 11.2 Å². The van der Waals surface area contributed by atoms with Crippen LogP contribution < -0.4 is 10.2 Å². The van der Waals surface area contributed by atoms with Gasteiger partial charge in [-0.2, -0.15) is 0 Å². The molecule has 0 aliphatic rings. The summed E-state index contributed by atoms with van der Waals surface area (Å²) in [6, 6.07) is 15.1. The van der Waals surface area contributed by atoms with Crippen LogP contribution in [0.15, 0.2) is 69.9 Å². The molecule has 10 nitrogen and oxygen atoms in total. The number of hydrogen-bond acceptors (Lipinski definition) is 10. The number of phenols is 4. The highest BCUT2D eigenvalue weighted by molar-refractivity contribution is 5.95. The van der Waals surface area contributed by atoms with Gasteiger partial charge in [0.25, 0.3) is 0 Å². The molecule has 0 saturated heterocycles. The predicted octanol–water partition coefficient (Wildman–Crippen LogP) is 4.84. The molecule has 0 bridgehead atoms. The maximum atomic E-state index is 13.3. The van der Waals surface area contributed by atoms with Crippen LogP contribution in [0.3, 0.4) is 0 Å². The fourth-order valence-corrected chi connectivity index (χ4v) is 4.94. The summed E-state index contributed by atoms with van der Waals surface area (Å²) in [5.41, 5.74) is -0.742. The lowest BCUT2D eigenvalue weighted by Crippen LogP contribution is -2.13. The van der Waals surface area contributed by atoms with Crippen molar-refractivity contribution >= 4 is 27.7 Å². The van der Waals surface area contributed by atoms with Crippen molar-refractivity contribution < 1.29 is 44.2 Å². The molecule has 5 rings (SSSR count). The first kappa shape index (κ1) is 26.2. The van der Waals surface area contributed by atoms with E-state index >= 15 is 0 Å². The molecule has 4 aromatic carbocycles. The van der Waals surface area contributed by atoms with Crippen molar-refractivity contribution in [2.24, 2.45) is 0 Å². The van der Waals surface area contributed by atoms with Gasteiger partial charge in [0, 0.05) is 28.5 Å². The SMILES string of the molecule is COC(=O)C[C@H](c1ccc(OC)c2ccccc12)c1c(O)cc(O)c2c(=O)c(O)c(-c3ccc(O)c(O)c3)oc12. The van der Waals surface area contributed by atoms with E-state index < -0.39 is 57.2 Å². The molecular formula is C30H24O10. The lowest BCUT2D eigenvalue weighted by Gasteiger charge is -2.22. The number of carbonyl (C=O) groups is 1. The number of esters is 1. The molecule has 0 aliphatic carbocycles. The first-order valence-corrected chi connectivity index (χ1v) is 12.1. The molecule has 40 heavy (non-hydrogen) atoms. The number of methoxy groups -OCH3 is 2. The molecule has 10 heteroatoms. The molecular weight excluding hydrogens is 520 g/mol. The monoisotopic (exact) mass is 544 g/mol. The summed E-state index contributed by atoms with van der Waals surface area (Å²) in [4.78, 5) is 26.0. The molecule has 1 atom stereocenters. The Morgan fingerprint density at radius 2 is 1.57 bits per heavy atom. The van der Waals surface area contributed by atoms with Gasteiger partial charge in [-0.05, 0) is 35.2 Å². The molecule has 0 unspecified atom stereocenters. The van der Waals surface area contributed by atoms with Crippen LogP contribution >= 0.6 is 0 Å². The zero-order valence-corrected chi connectivity index (χ0v) is 21.3. The van der Waals surface area contributed by atoms with E-state index in [2.05, 4.69) is 0 Å². The molecule has 204 valence electrons. The molecule has 5 aromatic rings. The largest absolute Gasteiger partial charge is 0.507 e. The second kappa shape index (κ2) is 10.1. The van der Waals surface area contributed by atoms with E-state index in [-0.39, 0.29) is 23.1 Å². The van der Waals surface area contributed by atoms with Gasteiger partial charge in [-0.25, -0.2) is 0 Å². The average molecular weight is 545 g/mol. The van der Waals surface area contributed by atoms with Gasteiger partial charge in [0.15, 0.2) is 17.3 Å². The van der Waals surface area contributed by atoms with Crippen LogP contribution in [-0.2, 0) is 9.53 Å². The van der Waals surface area contributed by atoms with Crippen molar-refractivity contribution in [1.82, 2.24) is 0 Å². The third-order valence-corrected chi connectivity index (χ3v) is 6.84. The highest BCUT2D eigenvalue weighted by atomic mass is 16.5. The molecule has 0 amide bonds. The minimum Gasteiger partial charge on any atom is -0.507 e. The Kier molecular flexibility index (Phi) is 6.60. The lowest BCUT2D eigenvalue weighted by molar-refractivity contribution is -0.140. The van der Waals surface area contributed by atoms with E-state index in [9.17, 15) is 35.1 Å². The first-order valence-electron chi connectivity index (χ1n) is 12.1. The Balaban J connectivity index is 1.89. The van der Waals surface area contributed by atoms with E-state index in [1.165, 1.54) is 20.3 Å². The van der Waals surface area contributed by atoms with E-state index in [1.54, 1.807) is 18.2 Å². The quantitative estimate of drug-likeness (QED) is 0.147. The lowest BCUT2D eigenvalue weighted by atomic mass is 9.83. The Morgan fingerprint density at radius 1 is 0.850 bits per heavy atom. The maximum Gasteiger partial charge on any atom is 0.306 e. The van der Waals surface area contributed by atoms with Gasteiger partial charge in [-0.3, -0.25) is 9.59 Å². The summed E-state index contributed by atoms with van der Waals surface area (Å²) < 4.78 is 16.4. The second-order valence-corrected chi connectivity index (χ2v) is 9.08. The fraction of sp³-hybridized carbons (Fsp3) is 0.133.